The van der Waals surface area contributed by atoms with Gasteiger partial charge in [-0.05, 0) is 56.2 Å². The van der Waals surface area contributed by atoms with Gasteiger partial charge in [0.2, 0.25) is 20.0 Å². The molecule has 2 aliphatic rings. The Balaban J connectivity index is 0.000000369. The van der Waals surface area contributed by atoms with Crippen LogP contribution >= 0.6 is 0 Å². The van der Waals surface area contributed by atoms with Gasteiger partial charge in [0.25, 0.3) is 0 Å². The first-order valence-electron chi connectivity index (χ1n) is 20.3. The topological polar surface area (TPSA) is 202 Å². The Morgan fingerprint density at radius 3 is 1.39 bits per heavy atom. The first-order valence-corrected chi connectivity index (χ1v) is 23.8. The molecule has 367 valence electrons. The smallest absolute Gasteiger partial charge is 0.417 e. The Morgan fingerprint density at radius 1 is 0.627 bits per heavy atom. The molecule has 0 aromatic carbocycles. The maximum Gasteiger partial charge on any atom is 0.417 e. The fraction of sp³-hybridized carbons (Fsp3) is 0.512. The maximum absolute atomic E-state index is 12.7. The highest BCUT2D eigenvalue weighted by Gasteiger charge is 2.33. The number of rotatable bonds is 15. The molecule has 26 heteroatoms. The quantitative estimate of drug-likeness (QED) is 0.0898. The van der Waals surface area contributed by atoms with Crippen LogP contribution in [0.25, 0.3) is 0 Å². The summed E-state index contributed by atoms with van der Waals surface area (Å²) in [6.45, 7) is 4.50. The Labute approximate surface area is 389 Å². The number of piperazine rings is 2. The number of hydrogen-bond donors (Lipinski definition) is 0. The normalized spacial score (nSPS) is 14.8. The molecule has 2 aliphatic heterocycles. The number of ketones is 1. The average Bonchev–Trinajstić information content (AvgIpc) is 3.27. The van der Waals surface area contributed by atoms with Gasteiger partial charge >= 0.3 is 18.3 Å². The van der Waals surface area contributed by atoms with Crippen LogP contribution in [0.4, 0.5) is 38.0 Å². The number of ether oxygens (including phenoxy) is 1. The zero-order valence-electron chi connectivity index (χ0n) is 36.2. The van der Waals surface area contributed by atoms with Gasteiger partial charge in [-0.2, -0.15) is 35.0 Å². The zero-order chi connectivity index (χ0) is 47.7. The summed E-state index contributed by atoms with van der Waals surface area (Å²) in [6.07, 6.45) is 3.41. The Hall–Kier alpha value is -5.34. The number of esters is 1. The van der Waals surface area contributed by atoms with Gasteiger partial charge in [-0.15, -0.1) is 0 Å². The van der Waals surface area contributed by atoms with Crippen molar-refractivity contribution in [2.24, 2.45) is 0 Å². The molecule has 0 aliphatic carbocycles. The third kappa shape index (κ3) is 19.8. The van der Waals surface area contributed by atoms with Gasteiger partial charge in [-0.25, -0.2) is 46.7 Å². The molecule has 0 unspecified atom stereocenters. The summed E-state index contributed by atoms with van der Waals surface area (Å²) in [4.78, 5) is 50.4. The van der Waals surface area contributed by atoms with Crippen LogP contribution in [0, 0.1) is 0 Å². The number of carbonyl (C=O) groups excluding carboxylic acids is 2. The summed E-state index contributed by atoms with van der Waals surface area (Å²) in [5.41, 5.74) is -1.63. The standard InChI is InChI=1S/C19H22F3N5O3S.C11H14F3N3O2S.C10H14N2O2.CH4.B/c20-19(21,22)15-5-6-18(25-13-15)26-9-11-27(12-10-26)31(29,30)14-16(28)3-1-4-17-23-7-2-8-24-17;1-20(18,19)17-6-4-16(5-7-17)10-3-2-9(8-15-10)11(12,13)14;1-2-14-10(13)6-3-5-9-11-7-4-8-12-9;;/h2,5-8,13H,1,3-4,9-12,14H2;2-3,8H,4-7H2,1H3;4,7-8H,2-3,5-6H2,1H3;1H4;. The van der Waals surface area contributed by atoms with Crippen LogP contribution in [-0.4, -0.2) is 146 Å². The van der Waals surface area contributed by atoms with Crippen molar-refractivity contribution in [2.75, 3.05) is 80.8 Å². The second-order valence-electron chi connectivity index (χ2n) is 14.5. The lowest BCUT2D eigenvalue weighted by molar-refractivity contribution is -0.143. The molecular weight excluding hydrogens is 933 g/mol. The lowest BCUT2D eigenvalue weighted by Crippen LogP contribution is -2.50. The van der Waals surface area contributed by atoms with Gasteiger partial charge in [0, 0.05) is 124 Å². The summed E-state index contributed by atoms with van der Waals surface area (Å²) in [5.74, 6) is 1.06. The van der Waals surface area contributed by atoms with Crippen LogP contribution in [0.15, 0.2) is 73.6 Å². The molecule has 4 aromatic heterocycles. The van der Waals surface area contributed by atoms with Gasteiger partial charge in [-0.3, -0.25) is 9.59 Å². The van der Waals surface area contributed by atoms with Crippen molar-refractivity contribution in [3.63, 3.8) is 0 Å². The molecule has 4 aromatic rings. The van der Waals surface area contributed by atoms with E-state index in [2.05, 4.69) is 29.9 Å². The van der Waals surface area contributed by atoms with E-state index in [9.17, 15) is 52.8 Å². The molecule has 0 saturated carbocycles. The Kier molecular flexibility index (Phi) is 23.2. The highest BCUT2D eigenvalue weighted by molar-refractivity contribution is 7.89. The van der Waals surface area contributed by atoms with Crippen molar-refractivity contribution >= 4 is 51.8 Å². The number of halogens is 6. The number of Topliss-reactive ketones (excluding diaryl/α,β-unsaturated/α-hetero) is 1. The third-order valence-electron chi connectivity index (χ3n) is 9.66. The van der Waals surface area contributed by atoms with E-state index in [-0.39, 0.29) is 60.2 Å². The van der Waals surface area contributed by atoms with Crippen molar-refractivity contribution in [2.45, 2.75) is 65.2 Å². The summed E-state index contributed by atoms with van der Waals surface area (Å²) >= 11 is 0. The second-order valence-corrected chi connectivity index (χ2v) is 18.4. The van der Waals surface area contributed by atoms with Crippen LogP contribution in [0.3, 0.4) is 0 Å². The number of carbonyl (C=O) groups is 2. The molecule has 2 fully saturated rings. The highest BCUT2D eigenvalue weighted by Crippen LogP contribution is 2.31. The summed E-state index contributed by atoms with van der Waals surface area (Å²) < 4.78 is 130. The minimum atomic E-state index is -4.46. The lowest BCUT2D eigenvalue weighted by Gasteiger charge is -2.34. The fourth-order valence-electron chi connectivity index (χ4n) is 6.28. The molecule has 0 amide bonds. The number of nitrogens with zero attached hydrogens (tertiary/aromatic N) is 10. The van der Waals surface area contributed by atoms with Gasteiger partial charge in [0.15, 0.2) is 0 Å². The average molecular weight is 988 g/mol. The van der Waals surface area contributed by atoms with Crippen molar-refractivity contribution < 1.29 is 57.5 Å². The predicted octanol–water partition coefficient (Wildman–Crippen LogP) is 4.73. The van der Waals surface area contributed by atoms with E-state index in [0.717, 1.165) is 49.4 Å². The molecule has 0 atom stereocenters. The van der Waals surface area contributed by atoms with Crippen molar-refractivity contribution in [3.05, 3.63) is 96.4 Å². The third-order valence-corrected chi connectivity index (χ3v) is 12.8. The maximum atomic E-state index is 12.7. The van der Waals surface area contributed by atoms with E-state index in [4.69, 9.17) is 4.74 Å². The minimum Gasteiger partial charge on any atom is -0.466 e. The van der Waals surface area contributed by atoms with Crippen LogP contribution in [0.5, 0.6) is 0 Å². The van der Waals surface area contributed by atoms with Gasteiger partial charge in [-0.1, -0.05) is 7.43 Å². The Morgan fingerprint density at radius 2 is 1.03 bits per heavy atom. The van der Waals surface area contributed by atoms with Crippen molar-refractivity contribution in [1.82, 2.24) is 38.5 Å². The molecule has 3 radical (unpaired) electrons. The van der Waals surface area contributed by atoms with Crippen LogP contribution in [0.2, 0.25) is 0 Å². The number of alkyl halides is 6. The molecule has 0 bridgehead atoms. The number of aromatic nitrogens is 6. The molecule has 67 heavy (non-hydrogen) atoms. The predicted molar refractivity (Wildman–Crippen MR) is 239 cm³/mol. The van der Waals surface area contributed by atoms with Gasteiger partial charge in [0.05, 0.1) is 24.0 Å². The van der Waals surface area contributed by atoms with E-state index in [1.54, 1.807) is 53.6 Å². The largest absolute Gasteiger partial charge is 0.466 e. The van der Waals surface area contributed by atoms with E-state index in [1.807, 2.05) is 0 Å². The van der Waals surface area contributed by atoms with Gasteiger partial charge < -0.3 is 14.5 Å². The van der Waals surface area contributed by atoms with Gasteiger partial charge in [0.1, 0.15) is 34.8 Å². The highest BCUT2D eigenvalue weighted by atomic mass is 32.2. The number of anilines is 2. The Bertz CT molecular complexity index is 2310. The second kappa shape index (κ2) is 26.9. The molecule has 2 saturated heterocycles. The molecule has 6 rings (SSSR count). The number of pyridine rings is 2. The molecule has 17 nitrogen and oxygen atoms in total. The SMILES string of the molecule is C.CCOC(=O)CCCc1ncccn1.CS(=O)(=O)N1CCN(c2ccc(C(F)(F)F)cn2)CC1.O=C(CCCc1ncccn1)CS(=O)(=O)N1CCN(c2ccc(C(F)(F)F)cn2)CC1.[B]. The van der Waals surface area contributed by atoms with Crippen LogP contribution in [0.1, 0.15) is 62.8 Å². The summed E-state index contributed by atoms with van der Waals surface area (Å²) in [7, 11) is -6.97. The zero-order valence-corrected chi connectivity index (χ0v) is 37.9. The molecule has 0 spiro atoms. The van der Waals surface area contributed by atoms with E-state index in [0.29, 0.717) is 69.5 Å². The van der Waals surface area contributed by atoms with Crippen LogP contribution in [-0.2, 0) is 59.6 Å². The molecule has 6 heterocycles. The monoisotopic (exact) mass is 987 g/mol. The summed E-state index contributed by atoms with van der Waals surface area (Å²) in [6, 6.07) is 7.96. The van der Waals surface area contributed by atoms with Crippen LogP contribution < -0.4 is 9.80 Å². The van der Waals surface area contributed by atoms with E-state index < -0.39 is 49.3 Å². The minimum absolute atomic E-state index is 0. The van der Waals surface area contributed by atoms with E-state index >= 15 is 0 Å². The lowest BCUT2D eigenvalue weighted by atomic mass is 10.2. The van der Waals surface area contributed by atoms with Crippen molar-refractivity contribution in [3.8, 4) is 0 Å². The molecular formula is C41H54BF6N10O7S2. The first kappa shape index (κ1) is 57.8. The van der Waals surface area contributed by atoms with Crippen molar-refractivity contribution in [1.29, 1.82) is 0 Å². The molecule has 0 N–H and O–H groups in total. The fourth-order valence-corrected chi connectivity index (χ4v) is 8.56. The van der Waals surface area contributed by atoms with E-state index in [1.165, 1.54) is 20.7 Å². The first-order chi connectivity index (χ1) is 30.7. The number of sulfonamides is 2. The summed E-state index contributed by atoms with van der Waals surface area (Å²) in [5, 5.41) is 0. The number of aryl methyl sites for hydroxylation is 2. The number of hydrogen-bond acceptors (Lipinski definition) is 15.